The van der Waals surface area contributed by atoms with Gasteiger partial charge in [-0.25, -0.2) is 0 Å². The van der Waals surface area contributed by atoms with Gasteiger partial charge in [0.2, 0.25) is 11.8 Å². The lowest BCUT2D eigenvalue weighted by atomic mass is 10.0. The van der Waals surface area contributed by atoms with Gasteiger partial charge in [0, 0.05) is 50.6 Å². The van der Waals surface area contributed by atoms with Crippen LogP contribution in [-0.4, -0.2) is 44.7 Å². The highest BCUT2D eigenvalue weighted by Gasteiger charge is 2.37. The largest absolute Gasteiger partial charge is 0.338 e. The smallest absolute Gasteiger partial charge is 0.228 e. The summed E-state index contributed by atoms with van der Waals surface area (Å²) >= 11 is 0. The van der Waals surface area contributed by atoms with Gasteiger partial charge in [0.25, 0.3) is 0 Å². The second kappa shape index (κ2) is 6.63. The molecule has 1 saturated heterocycles. The van der Waals surface area contributed by atoms with Crippen molar-refractivity contribution in [2.75, 3.05) is 13.1 Å². The van der Waals surface area contributed by atoms with E-state index < -0.39 is 0 Å². The van der Waals surface area contributed by atoms with Gasteiger partial charge in [0.1, 0.15) is 0 Å². The molecule has 2 aromatic rings. The molecular formula is C19H20N4O2. The van der Waals surface area contributed by atoms with Gasteiger partial charge in [-0.05, 0) is 23.8 Å². The molecule has 2 amide bonds. The van der Waals surface area contributed by atoms with Crippen LogP contribution in [-0.2, 0) is 29.1 Å². The van der Waals surface area contributed by atoms with Crippen LogP contribution in [0.5, 0.6) is 0 Å². The average molecular weight is 336 g/mol. The van der Waals surface area contributed by atoms with Crippen molar-refractivity contribution in [2.45, 2.75) is 25.9 Å². The van der Waals surface area contributed by atoms with Crippen molar-refractivity contribution >= 4 is 11.8 Å². The van der Waals surface area contributed by atoms with E-state index in [1.807, 2.05) is 35.2 Å². The van der Waals surface area contributed by atoms with Gasteiger partial charge in [0.15, 0.2) is 0 Å². The van der Waals surface area contributed by atoms with Gasteiger partial charge >= 0.3 is 0 Å². The number of carbonyl (C=O) groups excluding carboxylic acids is 2. The zero-order valence-electron chi connectivity index (χ0n) is 14.0. The van der Waals surface area contributed by atoms with E-state index in [4.69, 9.17) is 0 Å². The van der Waals surface area contributed by atoms with Crippen LogP contribution in [0.3, 0.4) is 0 Å². The Morgan fingerprint density at radius 1 is 1.16 bits per heavy atom. The van der Waals surface area contributed by atoms with E-state index in [-0.39, 0.29) is 17.7 Å². The van der Waals surface area contributed by atoms with E-state index in [1.54, 1.807) is 17.3 Å². The molecule has 6 nitrogen and oxygen atoms in total. The minimum atomic E-state index is -0.255. The summed E-state index contributed by atoms with van der Waals surface area (Å²) in [6.07, 6.45) is 4.58. The lowest BCUT2D eigenvalue weighted by molar-refractivity contribution is -0.136. The second-order valence-corrected chi connectivity index (χ2v) is 6.62. The first-order chi connectivity index (χ1) is 12.2. The minimum absolute atomic E-state index is 0.0306. The molecule has 2 aliphatic rings. The lowest BCUT2D eigenvalue weighted by Gasteiger charge is -2.30. The van der Waals surface area contributed by atoms with Crippen molar-refractivity contribution in [2.24, 2.45) is 5.92 Å². The number of amides is 2. The zero-order chi connectivity index (χ0) is 17.2. The zero-order valence-corrected chi connectivity index (χ0v) is 14.0. The predicted molar refractivity (Wildman–Crippen MR) is 91.1 cm³/mol. The fourth-order valence-corrected chi connectivity index (χ4v) is 3.59. The Kier molecular flexibility index (Phi) is 4.17. The van der Waals surface area contributed by atoms with Gasteiger partial charge in [-0.1, -0.05) is 12.1 Å². The number of hydrogen-bond donors (Lipinski definition) is 0. The number of rotatable bonds is 3. The van der Waals surface area contributed by atoms with Crippen molar-refractivity contribution in [3.8, 4) is 0 Å². The summed E-state index contributed by atoms with van der Waals surface area (Å²) in [6.45, 7) is 2.21. The maximum Gasteiger partial charge on any atom is 0.228 e. The van der Waals surface area contributed by atoms with Gasteiger partial charge < -0.3 is 9.80 Å². The normalized spacial score (nSPS) is 19.8. The summed E-state index contributed by atoms with van der Waals surface area (Å²) in [5.74, 6) is -0.149. The second-order valence-electron chi connectivity index (χ2n) is 6.62. The van der Waals surface area contributed by atoms with Crippen LogP contribution in [0.2, 0.25) is 0 Å². The molecule has 0 saturated carbocycles. The third-order valence-corrected chi connectivity index (χ3v) is 4.92. The van der Waals surface area contributed by atoms with E-state index in [0.29, 0.717) is 32.6 Å². The molecule has 6 heteroatoms. The molecule has 0 spiro atoms. The SMILES string of the molecule is O=C1C[C@@H](C(=O)N2CCc3ncccc3C2)CN1Cc1ccccn1. The Bertz CT molecular complexity index is 793. The first kappa shape index (κ1) is 15.7. The fourth-order valence-electron chi connectivity index (χ4n) is 3.59. The summed E-state index contributed by atoms with van der Waals surface area (Å²) in [7, 11) is 0. The Morgan fingerprint density at radius 2 is 2.04 bits per heavy atom. The van der Waals surface area contributed by atoms with Crippen LogP contribution in [0.25, 0.3) is 0 Å². The molecule has 0 radical (unpaired) electrons. The molecule has 0 N–H and O–H groups in total. The molecular weight excluding hydrogens is 316 g/mol. The van der Waals surface area contributed by atoms with Crippen LogP contribution < -0.4 is 0 Å². The Morgan fingerprint density at radius 3 is 2.88 bits per heavy atom. The highest BCUT2D eigenvalue weighted by atomic mass is 16.2. The molecule has 1 fully saturated rings. The van der Waals surface area contributed by atoms with E-state index in [1.165, 1.54) is 0 Å². The Hall–Kier alpha value is -2.76. The number of likely N-dealkylation sites (tertiary alicyclic amines) is 1. The van der Waals surface area contributed by atoms with Crippen LogP contribution in [0.4, 0.5) is 0 Å². The van der Waals surface area contributed by atoms with Crippen molar-refractivity contribution in [1.29, 1.82) is 0 Å². The van der Waals surface area contributed by atoms with Gasteiger partial charge in [-0.15, -0.1) is 0 Å². The van der Waals surface area contributed by atoms with Crippen LogP contribution in [0.15, 0.2) is 42.7 Å². The van der Waals surface area contributed by atoms with Crippen molar-refractivity contribution < 1.29 is 9.59 Å². The summed E-state index contributed by atoms with van der Waals surface area (Å²) in [5.41, 5.74) is 3.03. The molecule has 0 bridgehead atoms. The molecule has 1 atom stereocenters. The third kappa shape index (κ3) is 3.24. The average Bonchev–Trinajstić information content (AvgIpc) is 3.02. The topological polar surface area (TPSA) is 66.4 Å². The first-order valence-corrected chi connectivity index (χ1v) is 8.60. The van der Waals surface area contributed by atoms with Crippen molar-refractivity contribution in [1.82, 2.24) is 19.8 Å². The summed E-state index contributed by atoms with van der Waals surface area (Å²) < 4.78 is 0. The molecule has 4 rings (SSSR count). The molecule has 0 unspecified atom stereocenters. The Labute approximate surface area is 146 Å². The van der Waals surface area contributed by atoms with E-state index in [0.717, 1.165) is 23.4 Å². The third-order valence-electron chi connectivity index (χ3n) is 4.92. The van der Waals surface area contributed by atoms with Crippen LogP contribution in [0.1, 0.15) is 23.4 Å². The predicted octanol–water partition coefficient (Wildman–Crippen LogP) is 1.41. The maximum absolute atomic E-state index is 12.9. The molecule has 128 valence electrons. The molecule has 2 aromatic heterocycles. The molecule has 25 heavy (non-hydrogen) atoms. The maximum atomic E-state index is 12.9. The Balaban J connectivity index is 1.41. The standard InChI is InChI=1S/C19H20N4O2/c24-18-10-15(12-23(18)13-16-5-1-2-7-20-16)19(25)22-9-6-17-14(11-22)4-3-8-21-17/h1-5,7-8,15H,6,9-13H2/t15-/m1/s1. The van der Waals surface area contributed by atoms with Gasteiger partial charge in [0.05, 0.1) is 18.2 Å². The van der Waals surface area contributed by atoms with Crippen LogP contribution >= 0.6 is 0 Å². The summed E-state index contributed by atoms with van der Waals surface area (Å²) in [4.78, 5) is 37.4. The number of pyridine rings is 2. The summed E-state index contributed by atoms with van der Waals surface area (Å²) in [6, 6.07) is 9.59. The number of carbonyl (C=O) groups is 2. The highest BCUT2D eigenvalue weighted by molar-refractivity contribution is 5.89. The molecule has 0 aromatic carbocycles. The van der Waals surface area contributed by atoms with E-state index >= 15 is 0 Å². The number of hydrogen-bond acceptors (Lipinski definition) is 4. The lowest BCUT2D eigenvalue weighted by Crippen LogP contribution is -2.40. The van der Waals surface area contributed by atoms with Crippen LogP contribution in [0, 0.1) is 5.92 Å². The van der Waals surface area contributed by atoms with E-state index in [2.05, 4.69) is 9.97 Å². The minimum Gasteiger partial charge on any atom is -0.338 e. The van der Waals surface area contributed by atoms with E-state index in [9.17, 15) is 9.59 Å². The molecule has 4 heterocycles. The number of nitrogens with zero attached hydrogens (tertiary/aromatic N) is 4. The number of fused-ring (bicyclic) bond motifs is 1. The first-order valence-electron chi connectivity index (χ1n) is 8.60. The quantitative estimate of drug-likeness (QED) is 0.850. The highest BCUT2D eigenvalue weighted by Crippen LogP contribution is 2.25. The van der Waals surface area contributed by atoms with Gasteiger partial charge in [-0.2, -0.15) is 0 Å². The van der Waals surface area contributed by atoms with Crippen molar-refractivity contribution in [3.63, 3.8) is 0 Å². The van der Waals surface area contributed by atoms with Gasteiger partial charge in [-0.3, -0.25) is 19.6 Å². The summed E-state index contributed by atoms with van der Waals surface area (Å²) in [5, 5.41) is 0. The monoisotopic (exact) mass is 336 g/mol. The molecule has 0 aliphatic carbocycles. The van der Waals surface area contributed by atoms with Crippen molar-refractivity contribution in [3.05, 3.63) is 59.7 Å². The fraction of sp³-hybridized carbons (Fsp3) is 0.368. The number of aromatic nitrogens is 2. The molecule has 2 aliphatic heterocycles.